The van der Waals surface area contributed by atoms with E-state index in [1.807, 2.05) is 42.5 Å². The van der Waals surface area contributed by atoms with E-state index in [1.165, 1.54) is 12.1 Å². The number of halogens is 4. The molecule has 2 aliphatic rings. The van der Waals surface area contributed by atoms with Crippen molar-refractivity contribution < 1.29 is 36.7 Å². The number of carbonyl (C=O) groups excluding carboxylic acids is 3. The molecule has 39 heavy (non-hydrogen) atoms. The van der Waals surface area contributed by atoms with Gasteiger partial charge in [0, 0.05) is 18.5 Å². The van der Waals surface area contributed by atoms with Crippen molar-refractivity contribution in [2.75, 3.05) is 6.54 Å². The lowest BCUT2D eigenvalue weighted by Crippen LogP contribution is -2.51. The molecule has 6 nitrogen and oxygen atoms in total. The number of aryl methyl sites for hydroxylation is 1. The first-order chi connectivity index (χ1) is 18.5. The Morgan fingerprint density at radius 1 is 1.03 bits per heavy atom. The number of fused-ring (bicyclic) bond motifs is 2. The molecule has 1 heterocycles. The second-order valence-corrected chi connectivity index (χ2v) is 9.69. The molecule has 0 radical (unpaired) electrons. The molecule has 0 saturated carbocycles. The summed E-state index contributed by atoms with van der Waals surface area (Å²) >= 11 is 0. The number of carbonyl (C=O) groups is 3. The number of hydrogen-bond acceptors (Lipinski definition) is 4. The summed E-state index contributed by atoms with van der Waals surface area (Å²) in [6.45, 7) is -0.601. The lowest BCUT2D eigenvalue weighted by atomic mass is 9.93. The van der Waals surface area contributed by atoms with Gasteiger partial charge in [0.15, 0.2) is 0 Å². The minimum absolute atomic E-state index is 0.161. The highest BCUT2D eigenvalue weighted by Crippen LogP contribution is 2.46. The second-order valence-electron chi connectivity index (χ2n) is 9.69. The van der Waals surface area contributed by atoms with Crippen molar-refractivity contribution in [3.05, 3.63) is 95.3 Å². The summed E-state index contributed by atoms with van der Waals surface area (Å²) in [6.07, 6.45) is -5.25. The summed E-state index contributed by atoms with van der Waals surface area (Å²) in [4.78, 5) is 40.6. The zero-order valence-electron chi connectivity index (χ0n) is 20.9. The van der Waals surface area contributed by atoms with E-state index < -0.39 is 54.6 Å². The van der Waals surface area contributed by atoms with E-state index >= 15 is 0 Å². The van der Waals surface area contributed by atoms with Crippen molar-refractivity contribution in [2.45, 2.75) is 44.1 Å². The first-order valence-corrected chi connectivity index (χ1v) is 12.3. The molecule has 1 spiro atoms. The highest BCUT2D eigenvalue weighted by molar-refractivity contribution is 6.06. The van der Waals surface area contributed by atoms with Gasteiger partial charge in [-0.2, -0.15) is 13.2 Å². The Morgan fingerprint density at radius 2 is 1.72 bits per heavy atom. The van der Waals surface area contributed by atoms with Crippen LogP contribution in [0.2, 0.25) is 0 Å². The van der Waals surface area contributed by atoms with E-state index in [2.05, 4.69) is 0 Å². The Kier molecular flexibility index (Phi) is 6.65. The molecular weight excluding hydrogens is 516 g/mol. The zero-order chi connectivity index (χ0) is 27.9. The first kappa shape index (κ1) is 26.4. The number of alkyl halides is 3. The molecule has 3 amide bonds. The van der Waals surface area contributed by atoms with Crippen molar-refractivity contribution in [1.82, 2.24) is 9.80 Å². The highest BCUT2D eigenvalue weighted by Gasteiger charge is 2.58. The van der Waals surface area contributed by atoms with Gasteiger partial charge in [0.1, 0.15) is 18.4 Å². The second kappa shape index (κ2) is 9.83. The van der Waals surface area contributed by atoms with Crippen LogP contribution in [-0.4, -0.2) is 46.5 Å². The number of amides is 3. The third-order valence-corrected chi connectivity index (χ3v) is 7.29. The maximum Gasteiger partial charge on any atom is 0.418 e. The van der Waals surface area contributed by atoms with E-state index in [-0.39, 0.29) is 12.0 Å². The van der Waals surface area contributed by atoms with Gasteiger partial charge in [-0.25, -0.2) is 14.1 Å². The van der Waals surface area contributed by atoms with Gasteiger partial charge >= 0.3 is 12.3 Å². The average molecular weight is 541 g/mol. The summed E-state index contributed by atoms with van der Waals surface area (Å²) in [7, 11) is 0. The zero-order valence-corrected chi connectivity index (χ0v) is 20.9. The van der Waals surface area contributed by atoms with Crippen molar-refractivity contribution in [2.24, 2.45) is 0 Å². The van der Waals surface area contributed by atoms with Gasteiger partial charge < -0.3 is 9.64 Å². The minimum Gasteiger partial charge on any atom is -0.427 e. The van der Waals surface area contributed by atoms with Crippen LogP contribution in [0, 0.1) is 5.82 Å². The fourth-order valence-corrected chi connectivity index (χ4v) is 5.09. The number of nitrogens with zero attached hydrogens (tertiary/aromatic N) is 2. The molecule has 3 aromatic rings. The summed E-state index contributed by atoms with van der Waals surface area (Å²) in [6, 6.07) is 17.5. The van der Waals surface area contributed by atoms with Crippen LogP contribution in [0.15, 0.2) is 72.8 Å². The quantitative estimate of drug-likeness (QED) is 0.382. The molecule has 1 saturated heterocycles. The Hall–Kier alpha value is -4.21. The predicted molar refractivity (Wildman–Crippen MR) is 133 cm³/mol. The van der Waals surface area contributed by atoms with E-state index in [0.717, 1.165) is 35.7 Å². The average Bonchev–Trinajstić information content (AvgIpc) is 3.39. The summed E-state index contributed by atoms with van der Waals surface area (Å²) in [5, 5.41) is 0. The first-order valence-electron chi connectivity index (χ1n) is 12.3. The maximum atomic E-state index is 13.6. The third-order valence-electron chi connectivity index (χ3n) is 7.29. The van der Waals surface area contributed by atoms with Gasteiger partial charge in [-0.1, -0.05) is 60.7 Å². The normalized spacial score (nSPS) is 19.3. The van der Waals surface area contributed by atoms with Gasteiger partial charge in [-0.15, -0.1) is 0 Å². The van der Waals surface area contributed by atoms with E-state index in [9.17, 15) is 31.9 Å². The van der Waals surface area contributed by atoms with E-state index in [1.54, 1.807) is 6.07 Å². The Morgan fingerprint density at radius 3 is 2.38 bits per heavy atom. The van der Waals surface area contributed by atoms with E-state index in [0.29, 0.717) is 21.8 Å². The molecule has 5 rings (SSSR count). The summed E-state index contributed by atoms with van der Waals surface area (Å²) in [5.74, 6) is -2.46. The number of hydrogen-bond donors (Lipinski definition) is 0. The van der Waals surface area contributed by atoms with Crippen LogP contribution in [0.3, 0.4) is 0 Å². The Bertz CT molecular complexity index is 1430. The molecular formula is C29H24F4N2O4. The maximum absolute atomic E-state index is 13.6. The van der Waals surface area contributed by atoms with E-state index in [4.69, 9.17) is 4.74 Å². The fraction of sp³-hybridized carbons (Fsp3) is 0.276. The van der Waals surface area contributed by atoms with Crippen LogP contribution in [0.4, 0.5) is 22.4 Å². The molecule has 202 valence electrons. The standard InChI is InChI=1S/C29H24F4N2O4/c1-18(29(31,32)33)34(16-19-7-10-23(30)11-8-19)25(36)17-35-26(37)28(39-27(35)38)14-13-22-15-21(9-12-24(22)28)20-5-3-2-4-6-20/h2-12,15,18H,13-14,16-17H2,1H3/t18-,28+/m0/s1. The molecule has 3 aromatic carbocycles. The molecule has 2 atom stereocenters. The molecule has 10 heteroatoms. The lowest BCUT2D eigenvalue weighted by molar-refractivity contribution is -0.187. The van der Waals surface area contributed by atoms with Gasteiger partial charge in [0.25, 0.3) is 5.91 Å². The minimum atomic E-state index is -4.77. The van der Waals surface area contributed by atoms with Crippen LogP contribution < -0.4 is 0 Å². The largest absolute Gasteiger partial charge is 0.427 e. The Balaban J connectivity index is 1.39. The molecule has 0 unspecified atom stereocenters. The fourth-order valence-electron chi connectivity index (χ4n) is 5.09. The smallest absolute Gasteiger partial charge is 0.418 e. The Labute approximate surface area is 221 Å². The van der Waals surface area contributed by atoms with Gasteiger partial charge in [0.2, 0.25) is 11.5 Å². The number of imide groups is 1. The predicted octanol–water partition coefficient (Wildman–Crippen LogP) is 5.59. The van der Waals surface area contributed by atoms with Crippen molar-refractivity contribution in [3.63, 3.8) is 0 Å². The van der Waals surface area contributed by atoms with Crippen LogP contribution >= 0.6 is 0 Å². The topological polar surface area (TPSA) is 66.9 Å². The van der Waals surface area contributed by atoms with Crippen LogP contribution in [0.25, 0.3) is 11.1 Å². The van der Waals surface area contributed by atoms with Crippen molar-refractivity contribution in [3.8, 4) is 11.1 Å². The lowest BCUT2D eigenvalue weighted by Gasteiger charge is -2.31. The van der Waals surface area contributed by atoms with Gasteiger partial charge in [-0.3, -0.25) is 9.59 Å². The van der Waals surface area contributed by atoms with Crippen LogP contribution in [0.1, 0.15) is 30.0 Å². The van der Waals surface area contributed by atoms with Gasteiger partial charge in [-0.05, 0) is 47.7 Å². The molecule has 0 N–H and O–H groups in total. The molecule has 0 aromatic heterocycles. The monoisotopic (exact) mass is 540 g/mol. The highest BCUT2D eigenvalue weighted by atomic mass is 19.4. The summed E-state index contributed by atoms with van der Waals surface area (Å²) in [5.41, 5.74) is 1.85. The molecule has 1 fully saturated rings. The summed E-state index contributed by atoms with van der Waals surface area (Å²) < 4.78 is 59.7. The van der Waals surface area contributed by atoms with Crippen molar-refractivity contribution in [1.29, 1.82) is 0 Å². The number of benzene rings is 3. The van der Waals surface area contributed by atoms with Crippen molar-refractivity contribution >= 4 is 17.9 Å². The molecule has 0 bridgehead atoms. The SMILES string of the molecule is C[C@H](N(Cc1ccc(F)cc1)C(=O)CN1C(=O)O[C@@]2(CCc3cc(-c4ccccc4)ccc32)C1=O)C(F)(F)F. The molecule has 1 aliphatic heterocycles. The van der Waals surface area contributed by atoms with Gasteiger partial charge in [0.05, 0.1) is 0 Å². The number of rotatable bonds is 6. The third kappa shape index (κ3) is 4.86. The number of ether oxygens (including phenoxy) is 1. The van der Waals surface area contributed by atoms with Crippen LogP contribution in [-0.2, 0) is 32.9 Å². The van der Waals surface area contributed by atoms with Crippen LogP contribution in [0.5, 0.6) is 0 Å². The molecule has 1 aliphatic carbocycles.